The summed E-state index contributed by atoms with van der Waals surface area (Å²) in [5.41, 5.74) is 2.42. The normalized spacial score (nSPS) is 21.8. The van der Waals surface area contributed by atoms with Crippen molar-refractivity contribution in [3.8, 4) is 0 Å². The Labute approximate surface area is 110 Å². The zero-order valence-corrected chi connectivity index (χ0v) is 11.5. The van der Waals surface area contributed by atoms with Gasteiger partial charge in [-0.2, -0.15) is 0 Å². The fraction of sp³-hybridized carbons (Fsp3) is 0.667. The van der Waals surface area contributed by atoms with Crippen LogP contribution in [0.25, 0.3) is 0 Å². The van der Waals surface area contributed by atoms with Crippen LogP contribution in [-0.4, -0.2) is 24.2 Å². The van der Waals surface area contributed by atoms with Crippen molar-refractivity contribution >= 4 is 0 Å². The molecule has 2 atom stereocenters. The van der Waals surface area contributed by atoms with Crippen molar-refractivity contribution < 1.29 is 4.74 Å². The molecule has 100 valence electrons. The van der Waals surface area contributed by atoms with E-state index in [2.05, 4.69) is 36.3 Å². The summed E-state index contributed by atoms with van der Waals surface area (Å²) in [6.07, 6.45) is 5.50. The molecule has 0 amide bonds. The molecule has 1 aromatic heterocycles. The Morgan fingerprint density at radius 1 is 1.50 bits per heavy atom. The van der Waals surface area contributed by atoms with Crippen molar-refractivity contribution in [2.24, 2.45) is 5.92 Å². The average molecular weight is 248 g/mol. The summed E-state index contributed by atoms with van der Waals surface area (Å²) in [4.78, 5) is 4.47. The molecule has 0 aliphatic carbocycles. The molecular formula is C15H24N2O. The van der Waals surface area contributed by atoms with Gasteiger partial charge >= 0.3 is 0 Å². The van der Waals surface area contributed by atoms with E-state index in [0.717, 1.165) is 31.9 Å². The van der Waals surface area contributed by atoms with Crippen LogP contribution in [0.3, 0.4) is 0 Å². The summed E-state index contributed by atoms with van der Waals surface area (Å²) in [7, 11) is 0. The molecule has 0 radical (unpaired) electrons. The summed E-state index contributed by atoms with van der Waals surface area (Å²) in [6, 6.07) is 4.78. The highest BCUT2D eigenvalue weighted by Gasteiger charge is 2.20. The van der Waals surface area contributed by atoms with Crippen molar-refractivity contribution in [1.29, 1.82) is 0 Å². The number of hydrogen-bond acceptors (Lipinski definition) is 3. The van der Waals surface area contributed by atoms with Gasteiger partial charge in [0, 0.05) is 25.4 Å². The SMILES string of the molecule is CCc1ccc(CNC(C)C2CCCOC2)nc1. The first kappa shape index (κ1) is 13.5. The van der Waals surface area contributed by atoms with Gasteiger partial charge in [-0.25, -0.2) is 0 Å². The van der Waals surface area contributed by atoms with Gasteiger partial charge in [0.05, 0.1) is 12.3 Å². The molecule has 1 fully saturated rings. The first-order valence-electron chi connectivity index (χ1n) is 7.04. The van der Waals surface area contributed by atoms with Crippen LogP contribution < -0.4 is 5.32 Å². The maximum atomic E-state index is 5.53. The molecule has 0 aromatic carbocycles. The molecule has 1 aromatic rings. The summed E-state index contributed by atoms with van der Waals surface area (Å²) >= 11 is 0. The monoisotopic (exact) mass is 248 g/mol. The molecule has 2 unspecified atom stereocenters. The Balaban J connectivity index is 1.78. The van der Waals surface area contributed by atoms with Gasteiger partial charge in [-0.05, 0) is 43.7 Å². The molecular weight excluding hydrogens is 224 g/mol. The van der Waals surface area contributed by atoms with Crippen molar-refractivity contribution in [2.45, 2.75) is 45.7 Å². The van der Waals surface area contributed by atoms with E-state index in [1.807, 2.05) is 6.20 Å². The number of nitrogens with zero attached hydrogens (tertiary/aromatic N) is 1. The van der Waals surface area contributed by atoms with Gasteiger partial charge < -0.3 is 10.1 Å². The Kier molecular flexibility index (Phi) is 5.14. The Bertz CT molecular complexity index is 344. The first-order chi connectivity index (χ1) is 8.79. The van der Waals surface area contributed by atoms with Crippen LogP contribution in [0, 0.1) is 5.92 Å². The van der Waals surface area contributed by atoms with E-state index in [1.54, 1.807) is 0 Å². The second-order valence-corrected chi connectivity index (χ2v) is 5.16. The number of aromatic nitrogens is 1. The third kappa shape index (κ3) is 3.79. The van der Waals surface area contributed by atoms with Crippen LogP contribution in [0.15, 0.2) is 18.3 Å². The Hall–Kier alpha value is -0.930. The average Bonchev–Trinajstić information content (AvgIpc) is 2.46. The van der Waals surface area contributed by atoms with Gasteiger partial charge in [0.2, 0.25) is 0 Å². The van der Waals surface area contributed by atoms with Crippen LogP contribution in [0.1, 0.15) is 37.9 Å². The van der Waals surface area contributed by atoms with Gasteiger partial charge in [0.25, 0.3) is 0 Å². The lowest BCUT2D eigenvalue weighted by atomic mass is 9.95. The summed E-state index contributed by atoms with van der Waals surface area (Å²) in [5, 5.41) is 3.56. The maximum absolute atomic E-state index is 5.53. The van der Waals surface area contributed by atoms with E-state index in [0.29, 0.717) is 12.0 Å². The van der Waals surface area contributed by atoms with E-state index in [1.165, 1.54) is 18.4 Å². The largest absolute Gasteiger partial charge is 0.381 e. The molecule has 0 bridgehead atoms. The second kappa shape index (κ2) is 6.86. The lowest BCUT2D eigenvalue weighted by Crippen LogP contribution is -2.37. The van der Waals surface area contributed by atoms with Gasteiger partial charge in [0.1, 0.15) is 0 Å². The van der Waals surface area contributed by atoms with Crippen LogP contribution >= 0.6 is 0 Å². The number of ether oxygens (including phenoxy) is 1. The fourth-order valence-corrected chi connectivity index (χ4v) is 2.36. The lowest BCUT2D eigenvalue weighted by Gasteiger charge is -2.28. The summed E-state index contributed by atoms with van der Waals surface area (Å²) in [5.74, 6) is 0.647. The molecule has 1 N–H and O–H groups in total. The molecule has 0 spiro atoms. The number of aryl methyl sites for hydroxylation is 1. The molecule has 3 heteroatoms. The number of hydrogen-bond donors (Lipinski definition) is 1. The maximum Gasteiger partial charge on any atom is 0.0541 e. The highest BCUT2D eigenvalue weighted by Crippen LogP contribution is 2.17. The molecule has 0 saturated carbocycles. The standard InChI is InChI=1S/C15H24N2O/c1-3-13-6-7-15(17-9-13)10-16-12(2)14-5-4-8-18-11-14/h6-7,9,12,14,16H,3-5,8,10-11H2,1-2H3. The second-order valence-electron chi connectivity index (χ2n) is 5.16. The van der Waals surface area contributed by atoms with Crippen molar-refractivity contribution in [1.82, 2.24) is 10.3 Å². The predicted molar refractivity (Wildman–Crippen MR) is 73.5 cm³/mol. The Morgan fingerprint density at radius 2 is 2.39 bits per heavy atom. The minimum atomic E-state index is 0.498. The first-order valence-corrected chi connectivity index (χ1v) is 7.04. The minimum Gasteiger partial charge on any atom is -0.381 e. The highest BCUT2D eigenvalue weighted by molar-refractivity contribution is 5.13. The van der Waals surface area contributed by atoms with Gasteiger partial charge in [-0.3, -0.25) is 4.98 Å². The van der Waals surface area contributed by atoms with Gasteiger partial charge in [-0.1, -0.05) is 13.0 Å². The van der Waals surface area contributed by atoms with Crippen molar-refractivity contribution in [2.75, 3.05) is 13.2 Å². The Morgan fingerprint density at radius 3 is 3.00 bits per heavy atom. The van der Waals surface area contributed by atoms with E-state index >= 15 is 0 Å². The van der Waals surface area contributed by atoms with Crippen LogP contribution in [0.4, 0.5) is 0 Å². The lowest BCUT2D eigenvalue weighted by molar-refractivity contribution is 0.0417. The molecule has 1 aliphatic heterocycles. The predicted octanol–water partition coefficient (Wildman–Crippen LogP) is 2.55. The third-order valence-corrected chi connectivity index (χ3v) is 3.80. The molecule has 2 heterocycles. The number of rotatable bonds is 5. The van der Waals surface area contributed by atoms with Crippen LogP contribution in [-0.2, 0) is 17.7 Å². The van der Waals surface area contributed by atoms with Crippen molar-refractivity contribution in [3.05, 3.63) is 29.6 Å². The van der Waals surface area contributed by atoms with Gasteiger partial charge in [0.15, 0.2) is 0 Å². The molecule has 3 nitrogen and oxygen atoms in total. The quantitative estimate of drug-likeness (QED) is 0.869. The molecule has 1 aliphatic rings. The minimum absolute atomic E-state index is 0.498. The molecule has 2 rings (SSSR count). The van der Waals surface area contributed by atoms with Crippen LogP contribution in [0.2, 0.25) is 0 Å². The van der Waals surface area contributed by atoms with Crippen LogP contribution in [0.5, 0.6) is 0 Å². The fourth-order valence-electron chi connectivity index (χ4n) is 2.36. The summed E-state index contributed by atoms with van der Waals surface area (Å²) in [6.45, 7) is 7.08. The molecule has 1 saturated heterocycles. The van der Waals surface area contributed by atoms with E-state index < -0.39 is 0 Å². The number of nitrogens with one attached hydrogen (secondary N) is 1. The van der Waals surface area contributed by atoms with E-state index in [9.17, 15) is 0 Å². The van der Waals surface area contributed by atoms with E-state index in [-0.39, 0.29) is 0 Å². The zero-order valence-electron chi connectivity index (χ0n) is 11.5. The third-order valence-electron chi connectivity index (χ3n) is 3.80. The summed E-state index contributed by atoms with van der Waals surface area (Å²) < 4.78 is 5.53. The zero-order chi connectivity index (χ0) is 12.8. The van der Waals surface area contributed by atoms with Crippen molar-refractivity contribution in [3.63, 3.8) is 0 Å². The molecule has 18 heavy (non-hydrogen) atoms. The smallest absolute Gasteiger partial charge is 0.0541 e. The van der Waals surface area contributed by atoms with E-state index in [4.69, 9.17) is 4.74 Å². The van der Waals surface area contributed by atoms with Gasteiger partial charge in [-0.15, -0.1) is 0 Å². The highest BCUT2D eigenvalue weighted by atomic mass is 16.5. The number of pyridine rings is 1. The topological polar surface area (TPSA) is 34.1 Å².